The Bertz CT molecular complexity index is 2330. The smallest absolute Gasteiger partial charge is 0.241 e. The van der Waals surface area contributed by atoms with E-state index in [4.69, 9.17) is 18.9 Å². The molecule has 3 heterocycles. The fourth-order valence-electron chi connectivity index (χ4n) is 8.54. The zero-order valence-electron chi connectivity index (χ0n) is 34.7. The molecule has 8 rings (SSSR count). The molecule has 0 unspecified atom stereocenters. The van der Waals surface area contributed by atoms with Crippen LogP contribution in [0.5, 0.6) is 0 Å². The fourth-order valence-corrected chi connectivity index (χ4v) is 9.73. The third kappa shape index (κ3) is 10.3. The van der Waals surface area contributed by atoms with E-state index in [9.17, 15) is 18.3 Å². The Hall–Kier alpha value is -4.76. The molecule has 11 nitrogen and oxygen atoms in total. The Balaban J connectivity index is 0.978. The quantitative estimate of drug-likeness (QED) is 0.108. The molecule has 0 radical (unpaired) electrons. The van der Waals surface area contributed by atoms with E-state index in [2.05, 4.69) is 21.9 Å². The lowest BCUT2D eigenvalue weighted by Crippen LogP contribution is -2.50. The molecule has 3 fully saturated rings. The summed E-state index contributed by atoms with van der Waals surface area (Å²) in [6, 6.07) is 38.9. The second kappa shape index (κ2) is 19.1. The summed E-state index contributed by atoms with van der Waals surface area (Å²) >= 11 is 0. The Morgan fingerprint density at radius 2 is 1.46 bits per heavy atom. The van der Waals surface area contributed by atoms with Gasteiger partial charge in [0, 0.05) is 50.5 Å². The van der Waals surface area contributed by atoms with E-state index < -0.39 is 34.0 Å². The number of likely N-dealkylation sites (tertiary alicyclic amines) is 1. The highest BCUT2D eigenvalue weighted by Gasteiger charge is 2.43. The van der Waals surface area contributed by atoms with Gasteiger partial charge in [-0.2, -0.15) is 4.72 Å². The van der Waals surface area contributed by atoms with Gasteiger partial charge in [-0.1, -0.05) is 128 Å². The van der Waals surface area contributed by atoms with Crippen LogP contribution in [0, 0.1) is 12.8 Å². The van der Waals surface area contributed by atoms with Crippen LogP contribution in [-0.4, -0.2) is 75.1 Å². The zero-order chi connectivity index (χ0) is 42.4. The SMILES string of the molecule is Cc1ccc(S(=O)(=O)N[C@H](Cc2ccccc2)C(=O)NCc2ccccc2-c2ccc([C@@H]3O[C@H](CN4CCC5(CC4)OCCO5)[C@H](C)[C@H](c4ccc(CO)cc4)O3)cc2)cc1. The van der Waals surface area contributed by atoms with Gasteiger partial charge in [-0.05, 0) is 58.9 Å². The van der Waals surface area contributed by atoms with Crippen LogP contribution in [-0.2, 0) is 53.3 Å². The molecule has 1 amide bonds. The topological polar surface area (TPSA) is 136 Å². The Kier molecular flexibility index (Phi) is 13.4. The van der Waals surface area contributed by atoms with Gasteiger partial charge in [0.25, 0.3) is 0 Å². The standard InChI is InChI=1S/C49H55N3O8S/c1-34-12-22-42(23-13-34)61(55,56)51-44(30-36-8-4-3-5-9-36)47(54)50-31-41-10-6-7-11-43(41)38-18-20-40(21-19-38)48-59-45(32-52-26-24-49(25-27-52)57-28-29-58-49)35(2)46(60-48)39-16-14-37(33-53)15-17-39/h3-23,35,44-46,48,51,53H,24-33H2,1-2H3,(H,50,54)/t35-,44+,45+,46+,48+/m0/s1. The summed E-state index contributed by atoms with van der Waals surface area (Å²) in [5.41, 5.74) is 7.31. The lowest BCUT2D eigenvalue weighted by molar-refractivity contribution is -0.278. The molecule has 3 aliphatic rings. The molecule has 0 aromatic heterocycles. The van der Waals surface area contributed by atoms with Gasteiger partial charge in [-0.3, -0.25) is 4.79 Å². The summed E-state index contributed by atoms with van der Waals surface area (Å²) in [7, 11) is -3.98. The van der Waals surface area contributed by atoms with Crippen molar-refractivity contribution in [2.24, 2.45) is 5.92 Å². The first-order valence-corrected chi connectivity index (χ1v) is 22.7. The van der Waals surface area contributed by atoms with Crippen molar-refractivity contribution >= 4 is 15.9 Å². The highest BCUT2D eigenvalue weighted by atomic mass is 32.2. The molecule has 5 atom stereocenters. The number of rotatable bonds is 14. The van der Waals surface area contributed by atoms with Gasteiger partial charge < -0.3 is 34.3 Å². The first-order valence-electron chi connectivity index (χ1n) is 21.2. The molecule has 0 saturated carbocycles. The van der Waals surface area contributed by atoms with Gasteiger partial charge in [0.05, 0.1) is 36.9 Å². The number of piperidine rings is 1. The maximum Gasteiger partial charge on any atom is 0.241 e. The molecule has 0 bridgehead atoms. The normalized spacial score (nSPS) is 22.2. The van der Waals surface area contributed by atoms with E-state index in [0.29, 0.717) is 13.2 Å². The maximum absolute atomic E-state index is 13.9. The molecule has 5 aromatic rings. The predicted molar refractivity (Wildman–Crippen MR) is 232 cm³/mol. The number of amides is 1. The van der Waals surface area contributed by atoms with Crippen LogP contribution in [0.25, 0.3) is 11.1 Å². The number of aliphatic hydroxyl groups is 1. The van der Waals surface area contributed by atoms with Gasteiger partial charge in [0.1, 0.15) is 6.04 Å². The van der Waals surface area contributed by atoms with Crippen LogP contribution >= 0.6 is 0 Å². The number of hydrogen-bond acceptors (Lipinski definition) is 9. The number of nitrogens with one attached hydrogen (secondary N) is 2. The molecule has 5 aromatic carbocycles. The largest absolute Gasteiger partial charge is 0.392 e. The Morgan fingerprint density at radius 1 is 0.803 bits per heavy atom. The van der Waals surface area contributed by atoms with E-state index in [-0.39, 0.29) is 42.6 Å². The van der Waals surface area contributed by atoms with Crippen molar-refractivity contribution in [2.45, 2.75) is 81.5 Å². The first-order chi connectivity index (χ1) is 29.6. The number of nitrogens with zero attached hydrogens (tertiary/aromatic N) is 1. The average molecular weight is 846 g/mol. The van der Waals surface area contributed by atoms with Crippen molar-refractivity contribution in [1.29, 1.82) is 0 Å². The minimum absolute atomic E-state index is 0.0215. The molecule has 320 valence electrons. The summed E-state index contributed by atoms with van der Waals surface area (Å²) in [5, 5.41) is 12.7. The van der Waals surface area contributed by atoms with Crippen LogP contribution in [0.1, 0.15) is 65.5 Å². The second-order valence-electron chi connectivity index (χ2n) is 16.4. The molecule has 12 heteroatoms. The van der Waals surface area contributed by atoms with Crippen LogP contribution < -0.4 is 10.0 Å². The number of sulfonamides is 1. The molecule has 61 heavy (non-hydrogen) atoms. The number of carbonyl (C=O) groups excluding carboxylic acids is 1. The summed E-state index contributed by atoms with van der Waals surface area (Å²) in [6.07, 6.45) is 0.877. The van der Waals surface area contributed by atoms with Crippen LogP contribution in [0.15, 0.2) is 132 Å². The summed E-state index contributed by atoms with van der Waals surface area (Å²) in [4.78, 5) is 16.4. The number of aryl methyl sites for hydroxylation is 1. The van der Waals surface area contributed by atoms with Crippen molar-refractivity contribution < 1.29 is 37.3 Å². The molecule has 3 aliphatic heterocycles. The van der Waals surface area contributed by atoms with Crippen molar-refractivity contribution in [3.63, 3.8) is 0 Å². The number of benzene rings is 5. The van der Waals surface area contributed by atoms with Gasteiger partial charge in [-0.25, -0.2) is 8.42 Å². The monoisotopic (exact) mass is 845 g/mol. The van der Waals surface area contributed by atoms with E-state index in [1.54, 1.807) is 24.3 Å². The molecule has 0 aliphatic carbocycles. The highest BCUT2D eigenvalue weighted by Crippen LogP contribution is 2.43. The van der Waals surface area contributed by atoms with Gasteiger partial charge in [0.15, 0.2) is 12.1 Å². The molecule has 3 saturated heterocycles. The fraction of sp³-hybridized carbons (Fsp3) is 0.367. The molecule has 1 spiro atoms. The number of ether oxygens (including phenoxy) is 4. The third-order valence-electron chi connectivity index (χ3n) is 12.2. The Labute approximate surface area is 359 Å². The minimum Gasteiger partial charge on any atom is -0.392 e. The third-order valence-corrected chi connectivity index (χ3v) is 13.7. The molecular formula is C49H55N3O8S. The summed E-state index contributed by atoms with van der Waals surface area (Å²) in [6.45, 7) is 8.01. The van der Waals surface area contributed by atoms with Gasteiger partial charge in [-0.15, -0.1) is 0 Å². The number of carbonyl (C=O) groups is 1. The lowest BCUT2D eigenvalue weighted by Gasteiger charge is -2.44. The van der Waals surface area contributed by atoms with Crippen molar-refractivity contribution in [3.05, 3.63) is 161 Å². The van der Waals surface area contributed by atoms with E-state index in [1.165, 1.54) is 0 Å². The van der Waals surface area contributed by atoms with Gasteiger partial charge in [0.2, 0.25) is 15.9 Å². The van der Waals surface area contributed by atoms with Crippen molar-refractivity contribution in [2.75, 3.05) is 32.8 Å². The van der Waals surface area contributed by atoms with E-state index in [0.717, 1.165) is 77.0 Å². The second-order valence-corrected chi connectivity index (χ2v) is 18.1. The maximum atomic E-state index is 13.9. The minimum atomic E-state index is -3.98. The van der Waals surface area contributed by atoms with E-state index >= 15 is 0 Å². The van der Waals surface area contributed by atoms with Crippen molar-refractivity contribution in [1.82, 2.24) is 14.9 Å². The zero-order valence-corrected chi connectivity index (χ0v) is 35.6. The van der Waals surface area contributed by atoms with Crippen LogP contribution in [0.4, 0.5) is 0 Å². The molecule has 3 N–H and O–H groups in total. The lowest BCUT2D eigenvalue weighted by atomic mass is 9.89. The van der Waals surface area contributed by atoms with E-state index in [1.807, 2.05) is 110 Å². The highest BCUT2D eigenvalue weighted by molar-refractivity contribution is 7.89. The first kappa shape index (κ1) is 42.9. The van der Waals surface area contributed by atoms with Gasteiger partial charge >= 0.3 is 0 Å². The van der Waals surface area contributed by atoms with Crippen molar-refractivity contribution in [3.8, 4) is 11.1 Å². The number of aliphatic hydroxyl groups excluding tert-OH is 1. The Morgan fingerprint density at radius 3 is 2.15 bits per heavy atom. The number of hydrogen-bond donors (Lipinski definition) is 3. The average Bonchev–Trinajstić information content (AvgIpc) is 3.75. The summed E-state index contributed by atoms with van der Waals surface area (Å²) in [5.74, 6) is -0.820. The van der Waals surface area contributed by atoms with Crippen LogP contribution in [0.2, 0.25) is 0 Å². The summed E-state index contributed by atoms with van der Waals surface area (Å²) < 4.78 is 55.1. The molecular weight excluding hydrogens is 791 g/mol. The van der Waals surface area contributed by atoms with Crippen LogP contribution in [0.3, 0.4) is 0 Å². The predicted octanol–water partition coefficient (Wildman–Crippen LogP) is 6.99.